The fourth-order valence-electron chi connectivity index (χ4n) is 4.54. The highest BCUT2D eigenvalue weighted by atomic mass is 35.5. The van der Waals surface area contributed by atoms with Crippen LogP contribution in [-0.4, -0.2) is 44.0 Å². The van der Waals surface area contributed by atoms with E-state index in [2.05, 4.69) is 0 Å². The van der Waals surface area contributed by atoms with Gasteiger partial charge in [-0.1, -0.05) is 12.1 Å². The summed E-state index contributed by atoms with van der Waals surface area (Å²) >= 11 is 0. The smallest absolute Gasteiger partial charge is 0.233 e. The number of ether oxygens (including phenoxy) is 2. The van der Waals surface area contributed by atoms with E-state index in [1.165, 1.54) is 6.07 Å². The zero-order valence-corrected chi connectivity index (χ0v) is 21.0. The standard InChI is InChI=1S/C24H28N2O5S.ClH/c1-23(2)11-15-10-18(30-5)22-17(12-24(3,4)31-22)20(15)21(26-23)14-7-6-8-16(9-14)32(28,29)13-19(25)27;/h6-10H,11-13H2,1-5H3,(H2,25,27);1H. The third-order valence-corrected chi connectivity index (χ3v) is 7.34. The molecular formula is C24H29ClN2O5S. The van der Waals surface area contributed by atoms with Crippen molar-refractivity contribution >= 4 is 33.9 Å². The van der Waals surface area contributed by atoms with Crippen molar-refractivity contribution in [3.63, 3.8) is 0 Å². The molecule has 0 aliphatic carbocycles. The number of carbonyl (C=O) groups excluding carboxylic acids is 1. The zero-order chi connectivity index (χ0) is 23.5. The quantitative estimate of drug-likeness (QED) is 0.689. The van der Waals surface area contributed by atoms with Crippen molar-refractivity contribution in [1.82, 2.24) is 0 Å². The average molecular weight is 493 g/mol. The maximum absolute atomic E-state index is 12.6. The highest BCUT2D eigenvalue weighted by Crippen LogP contribution is 2.47. The second-order valence-corrected chi connectivity index (χ2v) is 11.7. The van der Waals surface area contributed by atoms with Crippen molar-refractivity contribution in [2.45, 2.75) is 56.6 Å². The molecule has 4 rings (SSSR count). The van der Waals surface area contributed by atoms with E-state index in [-0.39, 0.29) is 17.3 Å². The van der Waals surface area contributed by atoms with Crippen molar-refractivity contribution < 1.29 is 22.7 Å². The Morgan fingerprint density at radius 2 is 1.88 bits per heavy atom. The van der Waals surface area contributed by atoms with Gasteiger partial charge >= 0.3 is 0 Å². The van der Waals surface area contributed by atoms with E-state index in [1.54, 1.807) is 19.2 Å². The molecule has 2 heterocycles. The van der Waals surface area contributed by atoms with Crippen molar-refractivity contribution in [2.24, 2.45) is 10.7 Å². The SMILES string of the molecule is COc1cc2c(c3c1OC(C)(C)C3)C(c1cccc(S(=O)(=O)CC(N)=O)c1)=NC(C)(C)C2.Cl. The molecule has 2 aromatic rings. The van der Waals surface area contributed by atoms with E-state index < -0.39 is 32.6 Å². The number of rotatable bonds is 5. The summed E-state index contributed by atoms with van der Waals surface area (Å²) in [5.41, 5.74) is 8.81. The summed E-state index contributed by atoms with van der Waals surface area (Å²) in [6.45, 7) is 8.15. The normalized spacial score (nSPS) is 17.7. The highest BCUT2D eigenvalue weighted by Gasteiger charge is 2.39. The van der Waals surface area contributed by atoms with Crippen molar-refractivity contribution in [3.05, 3.63) is 52.6 Å². The predicted molar refractivity (Wildman–Crippen MR) is 130 cm³/mol. The Hall–Kier alpha value is -2.58. The van der Waals surface area contributed by atoms with E-state index in [0.29, 0.717) is 29.2 Å². The number of methoxy groups -OCH3 is 1. The number of hydrogen-bond acceptors (Lipinski definition) is 6. The van der Waals surface area contributed by atoms with Crippen LogP contribution in [0.4, 0.5) is 0 Å². The summed E-state index contributed by atoms with van der Waals surface area (Å²) < 4.78 is 37.1. The molecule has 2 aliphatic heterocycles. The van der Waals surface area contributed by atoms with Gasteiger partial charge in [0.2, 0.25) is 5.91 Å². The Balaban J connectivity index is 0.00000306. The Morgan fingerprint density at radius 3 is 2.52 bits per heavy atom. The molecule has 2 aromatic carbocycles. The van der Waals surface area contributed by atoms with Crippen LogP contribution in [0.1, 0.15) is 49.9 Å². The fraction of sp³-hybridized carbons (Fsp3) is 0.417. The Labute approximate surface area is 200 Å². The van der Waals surface area contributed by atoms with Crippen LogP contribution in [0.5, 0.6) is 11.5 Å². The third kappa shape index (κ3) is 4.73. The van der Waals surface area contributed by atoms with Crippen LogP contribution in [-0.2, 0) is 27.5 Å². The molecular weight excluding hydrogens is 464 g/mol. The minimum Gasteiger partial charge on any atom is -0.493 e. The minimum atomic E-state index is -3.84. The van der Waals surface area contributed by atoms with Gasteiger partial charge in [-0.3, -0.25) is 9.79 Å². The van der Waals surface area contributed by atoms with Crippen molar-refractivity contribution in [1.29, 1.82) is 0 Å². The first-order valence-corrected chi connectivity index (χ1v) is 12.1. The molecule has 9 heteroatoms. The molecule has 0 unspecified atom stereocenters. The predicted octanol–water partition coefficient (Wildman–Crippen LogP) is 3.26. The van der Waals surface area contributed by atoms with Crippen LogP contribution >= 0.6 is 12.4 Å². The van der Waals surface area contributed by atoms with E-state index in [0.717, 1.165) is 23.1 Å². The van der Waals surface area contributed by atoms with Crippen LogP contribution in [0, 0.1) is 0 Å². The van der Waals surface area contributed by atoms with Crippen LogP contribution in [0.3, 0.4) is 0 Å². The molecule has 0 bridgehead atoms. The van der Waals surface area contributed by atoms with Gasteiger partial charge < -0.3 is 15.2 Å². The maximum atomic E-state index is 12.6. The maximum Gasteiger partial charge on any atom is 0.233 e. The lowest BCUT2D eigenvalue weighted by Crippen LogP contribution is -2.31. The highest BCUT2D eigenvalue weighted by molar-refractivity contribution is 7.92. The van der Waals surface area contributed by atoms with E-state index >= 15 is 0 Å². The molecule has 0 spiro atoms. The molecule has 0 fully saturated rings. The third-order valence-electron chi connectivity index (χ3n) is 5.70. The first kappa shape index (κ1) is 25.1. The number of benzene rings is 2. The molecule has 7 nitrogen and oxygen atoms in total. The first-order valence-electron chi connectivity index (χ1n) is 10.5. The monoisotopic (exact) mass is 492 g/mol. The van der Waals surface area contributed by atoms with Crippen LogP contribution in [0.2, 0.25) is 0 Å². The van der Waals surface area contributed by atoms with Gasteiger partial charge in [0.15, 0.2) is 21.3 Å². The second-order valence-electron chi connectivity index (χ2n) is 9.66. The summed E-state index contributed by atoms with van der Waals surface area (Å²) in [6, 6.07) is 8.55. The van der Waals surface area contributed by atoms with E-state index in [1.807, 2.05) is 39.8 Å². The molecule has 0 saturated carbocycles. The lowest BCUT2D eigenvalue weighted by Gasteiger charge is -2.31. The lowest BCUT2D eigenvalue weighted by molar-refractivity contribution is -0.115. The summed E-state index contributed by atoms with van der Waals surface area (Å²) in [5.74, 6) is -0.221. The van der Waals surface area contributed by atoms with Gasteiger partial charge in [0.1, 0.15) is 11.4 Å². The van der Waals surface area contributed by atoms with Gasteiger partial charge in [0.05, 0.1) is 23.3 Å². The number of halogens is 1. The van der Waals surface area contributed by atoms with Gasteiger partial charge in [-0.15, -0.1) is 12.4 Å². The van der Waals surface area contributed by atoms with Crippen LogP contribution in [0.25, 0.3) is 0 Å². The molecule has 0 saturated heterocycles. The Morgan fingerprint density at radius 1 is 1.18 bits per heavy atom. The lowest BCUT2D eigenvalue weighted by atomic mass is 9.81. The van der Waals surface area contributed by atoms with Gasteiger partial charge in [-0.05, 0) is 57.9 Å². The Bertz CT molecular complexity index is 1270. The molecule has 178 valence electrons. The number of hydrogen-bond donors (Lipinski definition) is 1. The zero-order valence-electron chi connectivity index (χ0n) is 19.4. The second kappa shape index (κ2) is 8.33. The van der Waals surface area contributed by atoms with E-state index in [4.69, 9.17) is 20.2 Å². The van der Waals surface area contributed by atoms with Gasteiger partial charge in [0.25, 0.3) is 0 Å². The number of sulfone groups is 1. The summed E-state index contributed by atoms with van der Waals surface area (Å²) in [5, 5.41) is 0. The van der Waals surface area contributed by atoms with Crippen molar-refractivity contribution in [2.75, 3.05) is 12.9 Å². The van der Waals surface area contributed by atoms with Crippen molar-refractivity contribution in [3.8, 4) is 11.5 Å². The van der Waals surface area contributed by atoms with Gasteiger partial charge in [-0.2, -0.15) is 0 Å². The topological polar surface area (TPSA) is 108 Å². The first-order chi connectivity index (χ1) is 14.8. The molecule has 0 radical (unpaired) electrons. The molecule has 1 amide bonds. The molecule has 2 N–H and O–H groups in total. The molecule has 2 aliphatic rings. The van der Waals surface area contributed by atoms with Gasteiger partial charge in [-0.25, -0.2) is 8.42 Å². The number of nitrogens with zero attached hydrogens (tertiary/aromatic N) is 1. The summed E-state index contributed by atoms with van der Waals surface area (Å²) in [4.78, 5) is 16.3. The number of fused-ring (bicyclic) bond motifs is 3. The fourth-order valence-corrected chi connectivity index (χ4v) is 5.67. The number of carbonyl (C=O) groups is 1. The van der Waals surface area contributed by atoms with E-state index in [9.17, 15) is 13.2 Å². The van der Waals surface area contributed by atoms with Gasteiger partial charge in [0, 0.05) is 23.1 Å². The number of aliphatic imine (C=N–C) groups is 1. The molecule has 0 aromatic heterocycles. The summed E-state index contributed by atoms with van der Waals surface area (Å²) in [7, 11) is -2.21. The largest absolute Gasteiger partial charge is 0.493 e. The number of primary amides is 1. The van der Waals surface area contributed by atoms with Crippen LogP contribution < -0.4 is 15.2 Å². The minimum absolute atomic E-state index is 0. The molecule has 0 atom stereocenters. The Kier molecular flexibility index (Phi) is 6.32. The molecule has 33 heavy (non-hydrogen) atoms. The average Bonchev–Trinajstić information content (AvgIpc) is 2.99. The number of amides is 1. The van der Waals surface area contributed by atoms with Crippen LogP contribution in [0.15, 0.2) is 40.2 Å². The number of nitrogens with two attached hydrogens (primary N) is 1. The summed E-state index contributed by atoms with van der Waals surface area (Å²) in [6.07, 6.45) is 1.40.